The van der Waals surface area contributed by atoms with Crippen LogP contribution >= 0.6 is 11.8 Å². The molecule has 2 amide bonds. The summed E-state index contributed by atoms with van der Waals surface area (Å²) in [5.41, 5.74) is 3.59. The van der Waals surface area contributed by atoms with Crippen molar-refractivity contribution in [3.05, 3.63) is 34.9 Å². The summed E-state index contributed by atoms with van der Waals surface area (Å²) in [5.74, 6) is 1.61. The lowest BCUT2D eigenvalue weighted by Gasteiger charge is -2.34. The van der Waals surface area contributed by atoms with Gasteiger partial charge in [-0.15, -0.1) is 0 Å². The van der Waals surface area contributed by atoms with Crippen molar-refractivity contribution in [2.45, 2.75) is 33.7 Å². The summed E-state index contributed by atoms with van der Waals surface area (Å²) < 4.78 is 0. The highest BCUT2D eigenvalue weighted by atomic mass is 32.2. The number of carbonyl (C=O) groups excluding carboxylic acids is 2. The predicted molar refractivity (Wildman–Crippen MR) is 95.5 cm³/mol. The summed E-state index contributed by atoms with van der Waals surface area (Å²) in [6, 6.07) is 6.38. The molecule has 0 bridgehead atoms. The highest BCUT2D eigenvalue weighted by Gasteiger charge is 2.26. The van der Waals surface area contributed by atoms with Crippen molar-refractivity contribution in [1.82, 2.24) is 9.80 Å². The van der Waals surface area contributed by atoms with Gasteiger partial charge in [0.05, 0.1) is 12.3 Å². The second-order valence-electron chi connectivity index (χ2n) is 6.18. The molecule has 5 heteroatoms. The highest BCUT2D eigenvalue weighted by Crippen LogP contribution is 2.14. The van der Waals surface area contributed by atoms with E-state index in [1.165, 1.54) is 11.1 Å². The molecule has 1 aliphatic heterocycles. The Morgan fingerprint density at radius 2 is 1.87 bits per heavy atom. The molecule has 0 N–H and O–H groups in total. The first-order valence-electron chi connectivity index (χ1n) is 8.20. The van der Waals surface area contributed by atoms with Crippen LogP contribution in [0.25, 0.3) is 0 Å². The maximum Gasteiger partial charge on any atom is 0.242 e. The van der Waals surface area contributed by atoms with E-state index in [1.807, 2.05) is 4.90 Å². The Bertz CT molecular complexity index is 554. The Labute approximate surface area is 143 Å². The molecule has 0 aliphatic carbocycles. The lowest BCUT2D eigenvalue weighted by atomic mass is 10.1. The van der Waals surface area contributed by atoms with Crippen molar-refractivity contribution in [3.8, 4) is 0 Å². The van der Waals surface area contributed by atoms with Crippen molar-refractivity contribution in [3.63, 3.8) is 0 Å². The van der Waals surface area contributed by atoms with Crippen molar-refractivity contribution in [2.24, 2.45) is 0 Å². The van der Waals surface area contributed by atoms with E-state index in [0.29, 0.717) is 25.4 Å². The first-order valence-corrected chi connectivity index (χ1v) is 9.35. The van der Waals surface area contributed by atoms with Crippen LogP contribution in [0.4, 0.5) is 0 Å². The minimum absolute atomic E-state index is 0.0456. The Morgan fingerprint density at radius 1 is 1.17 bits per heavy atom. The number of rotatable bonds is 6. The van der Waals surface area contributed by atoms with Crippen LogP contribution in [-0.2, 0) is 16.1 Å². The van der Waals surface area contributed by atoms with Crippen molar-refractivity contribution < 1.29 is 9.59 Å². The SMILES string of the molecule is CCCSCC(=O)N1CCN(Cc2cc(C)cc(C)c2)C(=O)C1. The van der Waals surface area contributed by atoms with Crippen LogP contribution < -0.4 is 0 Å². The summed E-state index contributed by atoms with van der Waals surface area (Å²) in [4.78, 5) is 28.0. The maximum atomic E-state index is 12.3. The summed E-state index contributed by atoms with van der Waals surface area (Å²) >= 11 is 1.65. The maximum absolute atomic E-state index is 12.3. The highest BCUT2D eigenvalue weighted by molar-refractivity contribution is 7.99. The Balaban J connectivity index is 1.88. The number of amides is 2. The van der Waals surface area contributed by atoms with Crippen LogP contribution in [0.1, 0.15) is 30.0 Å². The number of aryl methyl sites for hydroxylation is 2. The Hall–Kier alpha value is -1.49. The monoisotopic (exact) mass is 334 g/mol. The van der Waals surface area contributed by atoms with Gasteiger partial charge in [-0.3, -0.25) is 9.59 Å². The largest absolute Gasteiger partial charge is 0.335 e. The second kappa shape index (κ2) is 8.39. The zero-order chi connectivity index (χ0) is 16.8. The fraction of sp³-hybridized carbons (Fsp3) is 0.556. The van der Waals surface area contributed by atoms with E-state index in [4.69, 9.17) is 0 Å². The third-order valence-electron chi connectivity index (χ3n) is 3.90. The third kappa shape index (κ3) is 5.27. The lowest BCUT2D eigenvalue weighted by molar-refractivity contribution is -0.144. The van der Waals surface area contributed by atoms with E-state index >= 15 is 0 Å². The van der Waals surface area contributed by atoms with E-state index in [2.05, 4.69) is 39.0 Å². The van der Waals surface area contributed by atoms with Gasteiger partial charge in [0.1, 0.15) is 0 Å². The summed E-state index contributed by atoms with van der Waals surface area (Å²) in [6.07, 6.45) is 1.07. The van der Waals surface area contributed by atoms with Crippen molar-refractivity contribution in [2.75, 3.05) is 31.1 Å². The molecule has 0 radical (unpaired) electrons. The van der Waals surface area contributed by atoms with Crippen molar-refractivity contribution in [1.29, 1.82) is 0 Å². The van der Waals surface area contributed by atoms with Crippen LogP contribution in [0.3, 0.4) is 0 Å². The molecular weight excluding hydrogens is 308 g/mol. The molecule has 0 aromatic heterocycles. The van der Waals surface area contributed by atoms with Gasteiger partial charge in [-0.05, 0) is 31.6 Å². The molecule has 1 fully saturated rings. The fourth-order valence-electron chi connectivity index (χ4n) is 2.86. The average Bonchev–Trinajstić information content (AvgIpc) is 2.48. The third-order valence-corrected chi connectivity index (χ3v) is 5.05. The molecule has 0 spiro atoms. The number of carbonyl (C=O) groups is 2. The first-order chi connectivity index (χ1) is 11.0. The molecule has 0 saturated carbocycles. The van der Waals surface area contributed by atoms with E-state index in [0.717, 1.165) is 17.7 Å². The topological polar surface area (TPSA) is 40.6 Å². The smallest absolute Gasteiger partial charge is 0.242 e. The number of piperazine rings is 1. The molecule has 1 aromatic rings. The number of thioether (sulfide) groups is 1. The standard InChI is InChI=1S/C18H26N2O2S/c1-4-7-23-13-18(22)20-6-5-19(17(21)12-20)11-16-9-14(2)8-15(3)10-16/h8-10H,4-7,11-13H2,1-3H3. The zero-order valence-corrected chi connectivity index (χ0v) is 15.1. The van der Waals surface area contributed by atoms with Gasteiger partial charge >= 0.3 is 0 Å². The molecule has 4 nitrogen and oxygen atoms in total. The average molecular weight is 334 g/mol. The van der Waals surface area contributed by atoms with Crippen LogP contribution in [0.5, 0.6) is 0 Å². The number of hydrogen-bond donors (Lipinski definition) is 0. The van der Waals surface area contributed by atoms with Gasteiger partial charge in [0.15, 0.2) is 0 Å². The minimum Gasteiger partial charge on any atom is -0.335 e. The van der Waals surface area contributed by atoms with Gasteiger partial charge in [0, 0.05) is 19.6 Å². The molecule has 0 unspecified atom stereocenters. The quantitative estimate of drug-likeness (QED) is 0.751. The molecule has 1 aliphatic rings. The minimum atomic E-state index is 0.0456. The molecule has 1 heterocycles. The van der Waals surface area contributed by atoms with E-state index in [1.54, 1.807) is 16.7 Å². The Morgan fingerprint density at radius 3 is 2.48 bits per heavy atom. The van der Waals surface area contributed by atoms with E-state index in [-0.39, 0.29) is 18.4 Å². The molecule has 23 heavy (non-hydrogen) atoms. The zero-order valence-electron chi connectivity index (χ0n) is 14.3. The van der Waals surface area contributed by atoms with Gasteiger partial charge < -0.3 is 9.80 Å². The lowest BCUT2D eigenvalue weighted by Crippen LogP contribution is -2.52. The van der Waals surface area contributed by atoms with E-state index in [9.17, 15) is 9.59 Å². The number of nitrogens with zero attached hydrogens (tertiary/aromatic N) is 2. The fourth-order valence-corrected chi connectivity index (χ4v) is 3.65. The normalized spacial score (nSPS) is 15.2. The molecule has 0 atom stereocenters. The van der Waals surface area contributed by atoms with Gasteiger partial charge in [-0.1, -0.05) is 36.2 Å². The molecule has 2 rings (SSSR count). The predicted octanol–water partition coefficient (Wildman–Crippen LogP) is 2.62. The van der Waals surface area contributed by atoms with Gasteiger partial charge in [-0.25, -0.2) is 0 Å². The Kier molecular flexibility index (Phi) is 6.51. The summed E-state index contributed by atoms with van der Waals surface area (Å²) in [6.45, 7) is 8.36. The van der Waals surface area contributed by atoms with Crippen LogP contribution in [0, 0.1) is 13.8 Å². The number of hydrogen-bond acceptors (Lipinski definition) is 3. The summed E-state index contributed by atoms with van der Waals surface area (Å²) in [5, 5.41) is 0. The first kappa shape index (κ1) is 17.9. The molecule has 1 saturated heterocycles. The van der Waals surface area contributed by atoms with Gasteiger partial charge in [0.25, 0.3) is 0 Å². The van der Waals surface area contributed by atoms with Crippen LogP contribution in [0.2, 0.25) is 0 Å². The van der Waals surface area contributed by atoms with Gasteiger partial charge in [-0.2, -0.15) is 11.8 Å². The second-order valence-corrected chi connectivity index (χ2v) is 7.28. The van der Waals surface area contributed by atoms with Crippen LogP contribution in [-0.4, -0.2) is 52.8 Å². The molecule has 126 valence electrons. The molecule has 1 aromatic carbocycles. The van der Waals surface area contributed by atoms with Gasteiger partial charge in [0.2, 0.25) is 11.8 Å². The van der Waals surface area contributed by atoms with Crippen molar-refractivity contribution >= 4 is 23.6 Å². The van der Waals surface area contributed by atoms with Crippen LogP contribution in [0.15, 0.2) is 18.2 Å². The summed E-state index contributed by atoms with van der Waals surface area (Å²) in [7, 11) is 0. The number of benzene rings is 1. The van der Waals surface area contributed by atoms with E-state index < -0.39 is 0 Å². The molecular formula is C18H26N2O2S.